The molecule has 0 amide bonds. The highest BCUT2D eigenvalue weighted by molar-refractivity contribution is 9.11. The summed E-state index contributed by atoms with van der Waals surface area (Å²) in [6, 6.07) is 11.8. The van der Waals surface area contributed by atoms with Crippen LogP contribution in [0.2, 0.25) is 0 Å². The number of hydrogen-bond acceptors (Lipinski definition) is 3. The van der Waals surface area contributed by atoms with Gasteiger partial charge in [-0.15, -0.1) is 0 Å². The zero-order valence-corrected chi connectivity index (χ0v) is 30.6. The molecule has 2 aromatic heterocycles. The zero-order chi connectivity index (χ0) is 34.5. The summed E-state index contributed by atoms with van der Waals surface area (Å²) in [4.78, 5) is 10.7. The van der Waals surface area contributed by atoms with Crippen LogP contribution in [0.1, 0.15) is 28.7 Å². The summed E-state index contributed by atoms with van der Waals surface area (Å²) >= 11 is 12.3. The van der Waals surface area contributed by atoms with Crippen LogP contribution >= 0.6 is 63.7 Å². The summed E-state index contributed by atoms with van der Waals surface area (Å²) in [7, 11) is 1.81. The average molecular weight is 900 g/mol. The van der Waals surface area contributed by atoms with E-state index in [4.69, 9.17) is 0 Å². The van der Waals surface area contributed by atoms with Crippen LogP contribution < -0.4 is 0 Å². The van der Waals surface area contributed by atoms with Crippen LogP contribution in [0.25, 0.3) is 21.8 Å². The SMILES string of the molecule is CC(=O)c1c(F)cc(Br)cc1F.Cc1[nH]nc2cc(Br)cc(F)c12.Cc1c2c(F)cc(Br)cc2nn1C.Fc1cc(F)cc(Br)c1. The molecule has 0 aliphatic carbocycles. The third kappa shape index (κ3) is 9.75. The Hall–Kier alpha value is -3.01. The molecule has 2 heterocycles. The van der Waals surface area contributed by atoms with Crippen LogP contribution in [0.15, 0.2) is 72.5 Å². The summed E-state index contributed by atoms with van der Waals surface area (Å²) in [6.45, 7) is 4.77. The lowest BCUT2D eigenvalue weighted by atomic mass is 10.1. The minimum atomic E-state index is -0.839. The zero-order valence-electron chi connectivity index (χ0n) is 24.2. The monoisotopic (exact) mass is 896 g/mol. The molecule has 0 aliphatic heterocycles. The van der Waals surface area contributed by atoms with E-state index < -0.39 is 34.6 Å². The van der Waals surface area contributed by atoms with Crippen LogP contribution in [-0.4, -0.2) is 25.8 Å². The molecule has 1 N–H and O–H groups in total. The number of carbonyl (C=O) groups excluding carboxylic acids is 1. The van der Waals surface area contributed by atoms with Crippen molar-refractivity contribution in [3.8, 4) is 0 Å². The molecule has 46 heavy (non-hydrogen) atoms. The molecule has 5 nitrogen and oxygen atoms in total. The number of hydrogen-bond donors (Lipinski definition) is 1. The predicted octanol–water partition coefficient (Wildman–Crippen LogP) is 11.2. The number of aromatic amines is 1. The van der Waals surface area contributed by atoms with Crippen molar-refractivity contribution in [3.05, 3.63) is 124 Å². The summed E-state index contributed by atoms with van der Waals surface area (Å²) in [6.07, 6.45) is 0. The van der Waals surface area contributed by atoms with Gasteiger partial charge in [0, 0.05) is 42.4 Å². The van der Waals surface area contributed by atoms with Crippen molar-refractivity contribution in [2.45, 2.75) is 20.8 Å². The van der Waals surface area contributed by atoms with E-state index in [1.807, 2.05) is 20.0 Å². The highest BCUT2D eigenvalue weighted by atomic mass is 79.9. The highest BCUT2D eigenvalue weighted by Gasteiger charge is 2.14. The maximum absolute atomic E-state index is 13.4. The van der Waals surface area contributed by atoms with Crippen molar-refractivity contribution in [2.24, 2.45) is 7.05 Å². The maximum atomic E-state index is 13.4. The Kier molecular flexibility index (Phi) is 13.2. The van der Waals surface area contributed by atoms with Crippen molar-refractivity contribution in [3.63, 3.8) is 0 Å². The Labute approximate surface area is 292 Å². The Morgan fingerprint density at radius 2 is 1.09 bits per heavy atom. The molecule has 0 saturated heterocycles. The Bertz CT molecular complexity index is 1970. The first-order chi connectivity index (χ1) is 21.5. The van der Waals surface area contributed by atoms with Crippen molar-refractivity contribution >= 4 is 91.3 Å². The number of benzene rings is 4. The molecule has 6 aromatic rings. The van der Waals surface area contributed by atoms with Gasteiger partial charge in [-0.3, -0.25) is 14.6 Å². The lowest BCUT2D eigenvalue weighted by Gasteiger charge is -2.00. The molecule has 6 rings (SSSR count). The van der Waals surface area contributed by atoms with Crippen molar-refractivity contribution in [1.82, 2.24) is 20.0 Å². The number of carbonyl (C=O) groups is 1. The van der Waals surface area contributed by atoms with E-state index in [9.17, 15) is 31.1 Å². The fourth-order valence-corrected chi connectivity index (χ4v) is 5.69. The summed E-state index contributed by atoms with van der Waals surface area (Å²) in [5, 5.41) is 12.0. The topological polar surface area (TPSA) is 63.6 Å². The van der Waals surface area contributed by atoms with Crippen LogP contribution in [0, 0.1) is 48.8 Å². The van der Waals surface area contributed by atoms with Gasteiger partial charge in [0.15, 0.2) is 5.78 Å². The van der Waals surface area contributed by atoms with Gasteiger partial charge >= 0.3 is 0 Å². The maximum Gasteiger partial charge on any atom is 0.165 e. The Morgan fingerprint density at radius 1 is 0.652 bits per heavy atom. The Balaban J connectivity index is 0.000000168. The molecule has 0 fully saturated rings. The molecule has 15 heteroatoms. The molecule has 0 spiro atoms. The van der Waals surface area contributed by atoms with E-state index in [1.54, 1.807) is 17.7 Å². The first kappa shape index (κ1) is 37.4. The summed E-state index contributed by atoms with van der Waals surface area (Å²) < 4.78 is 80.6. The van der Waals surface area contributed by atoms with Gasteiger partial charge in [-0.1, -0.05) is 63.7 Å². The number of aryl methyl sites for hydroxylation is 3. The number of Topliss-reactive ketones (excluding diaryl/α,β-unsaturated/α-hetero) is 1. The van der Waals surface area contributed by atoms with Gasteiger partial charge in [-0.25, -0.2) is 26.3 Å². The summed E-state index contributed by atoms with van der Waals surface area (Å²) in [5.74, 6) is -3.90. The second-order valence-corrected chi connectivity index (χ2v) is 13.2. The molecule has 0 radical (unpaired) electrons. The molecule has 0 unspecified atom stereocenters. The van der Waals surface area contributed by atoms with Gasteiger partial charge in [-0.2, -0.15) is 10.2 Å². The largest absolute Gasteiger partial charge is 0.294 e. The minimum Gasteiger partial charge on any atom is -0.294 e. The lowest BCUT2D eigenvalue weighted by Crippen LogP contribution is -2.01. The normalized spacial score (nSPS) is 10.5. The molecular weight excluding hydrogens is 878 g/mol. The predicted molar refractivity (Wildman–Crippen MR) is 180 cm³/mol. The second-order valence-electron chi connectivity index (χ2n) is 9.51. The van der Waals surface area contributed by atoms with Crippen LogP contribution in [0.5, 0.6) is 0 Å². The Morgan fingerprint density at radius 3 is 1.59 bits per heavy atom. The van der Waals surface area contributed by atoms with Crippen LogP contribution in [0.4, 0.5) is 26.3 Å². The number of aromatic nitrogens is 4. The van der Waals surface area contributed by atoms with Crippen LogP contribution in [-0.2, 0) is 7.05 Å². The summed E-state index contributed by atoms with van der Waals surface area (Å²) in [5.41, 5.74) is 2.46. The van der Waals surface area contributed by atoms with E-state index in [0.717, 1.165) is 41.0 Å². The van der Waals surface area contributed by atoms with Crippen molar-refractivity contribution < 1.29 is 31.1 Å². The van der Waals surface area contributed by atoms with Gasteiger partial charge in [0.05, 0.1) is 27.4 Å². The molecular formula is C31H22Br4F6N4O. The standard InChI is InChI=1S/C9H8BrFN2.C8H5BrF2O.C8H6BrFN2.C6H3BrF2/c1-5-9-7(11)3-6(10)4-8(9)12-13(5)2;1-4(12)8-6(10)2-5(9)3-7(8)11;1-4-8-6(10)2-5(9)3-7(8)12-11-4;7-4-1-5(8)3-6(9)2-4/h3-4H,1-2H3;2-3H,1H3;2-3H,1H3,(H,11,12);1-3H. The van der Waals surface area contributed by atoms with Gasteiger partial charge in [0.1, 0.15) is 34.9 Å². The number of ketones is 1. The molecule has 0 aliphatic rings. The number of nitrogens with one attached hydrogen (secondary N) is 1. The van der Waals surface area contributed by atoms with E-state index in [1.165, 1.54) is 24.3 Å². The van der Waals surface area contributed by atoms with E-state index in [0.29, 0.717) is 30.8 Å². The number of fused-ring (bicyclic) bond motifs is 2. The van der Waals surface area contributed by atoms with Gasteiger partial charge in [0.25, 0.3) is 0 Å². The third-order valence-corrected chi connectivity index (χ3v) is 7.91. The van der Waals surface area contributed by atoms with E-state index >= 15 is 0 Å². The highest BCUT2D eigenvalue weighted by Crippen LogP contribution is 2.25. The van der Waals surface area contributed by atoms with E-state index in [-0.39, 0.29) is 16.1 Å². The van der Waals surface area contributed by atoms with E-state index in [2.05, 4.69) is 79.0 Å². The fraction of sp³-hybridized carbons (Fsp3) is 0.129. The smallest absolute Gasteiger partial charge is 0.165 e. The van der Waals surface area contributed by atoms with Crippen LogP contribution in [0.3, 0.4) is 0 Å². The fourth-order valence-electron chi connectivity index (χ4n) is 4.01. The molecule has 0 saturated carbocycles. The number of H-pyrrole nitrogens is 1. The van der Waals surface area contributed by atoms with Gasteiger partial charge in [0.2, 0.25) is 0 Å². The van der Waals surface area contributed by atoms with Crippen molar-refractivity contribution in [1.29, 1.82) is 0 Å². The molecule has 4 aromatic carbocycles. The molecule has 0 atom stereocenters. The second kappa shape index (κ2) is 16.2. The van der Waals surface area contributed by atoms with Gasteiger partial charge < -0.3 is 0 Å². The average Bonchev–Trinajstić information content (AvgIpc) is 3.41. The number of rotatable bonds is 1. The quantitative estimate of drug-likeness (QED) is 0.132. The first-order valence-electron chi connectivity index (χ1n) is 12.8. The third-order valence-electron chi connectivity index (χ3n) is 6.08. The molecule has 0 bridgehead atoms. The lowest BCUT2D eigenvalue weighted by molar-refractivity contribution is 0.100. The van der Waals surface area contributed by atoms with Crippen molar-refractivity contribution in [2.75, 3.05) is 0 Å². The number of nitrogens with zero attached hydrogens (tertiary/aromatic N) is 3. The van der Waals surface area contributed by atoms with Gasteiger partial charge in [-0.05, 0) is 69.3 Å². The number of halogens is 10. The first-order valence-corrected chi connectivity index (χ1v) is 16.0. The minimum absolute atomic E-state index is 0.227. The molecule has 242 valence electrons.